The normalized spacial score (nSPS) is 11.6. The largest absolute Gasteiger partial charge is 0.313 e. The fourth-order valence-corrected chi connectivity index (χ4v) is 6.04. The molecule has 3 aromatic heterocycles. The van der Waals surface area contributed by atoms with Gasteiger partial charge in [0.15, 0.2) is 0 Å². The van der Waals surface area contributed by atoms with E-state index >= 15 is 0 Å². The number of aromatic nitrogens is 3. The Kier molecular flexibility index (Phi) is 5.58. The van der Waals surface area contributed by atoms with E-state index < -0.39 is 0 Å². The first-order valence-electron chi connectivity index (χ1n) is 13.4. The number of rotatable bonds is 4. The molecular formula is C36H26N4. The van der Waals surface area contributed by atoms with E-state index in [4.69, 9.17) is 4.98 Å². The summed E-state index contributed by atoms with van der Waals surface area (Å²) >= 11 is 0. The van der Waals surface area contributed by atoms with Crippen LogP contribution in [0.3, 0.4) is 0 Å². The van der Waals surface area contributed by atoms with Gasteiger partial charge < -0.3 is 9.13 Å². The molecule has 0 spiro atoms. The van der Waals surface area contributed by atoms with Crippen molar-refractivity contribution in [3.05, 3.63) is 132 Å². The number of pyridine rings is 1. The smallest absolute Gasteiger partial charge is 0.0991 e. The van der Waals surface area contributed by atoms with Crippen LogP contribution in [0.4, 0.5) is 0 Å². The SMILES string of the molecule is C/C=C\c1c(C)n(-c2ccc(C#N)cc2-c2ncccc2-n2c3ccccc3c3ccccc32)c2ccccc12. The van der Waals surface area contributed by atoms with Crippen LogP contribution in [0.5, 0.6) is 0 Å². The van der Waals surface area contributed by atoms with Gasteiger partial charge in [-0.25, -0.2) is 0 Å². The van der Waals surface area contributed by atoms with Gasteiger partial charge in [0.1, 0.15) is 0 Å². The molecule has 7 rings (SSSR count). The van der Waals surface area contributed by atoms with Crippen molar-refractivity contribution < 1.29 is 0 Å². The predicted octanol–water partition coefficient (Wildman–Crippen LogP) is 9.00. The molecule has 0 bridgehead atoms. The summed E-state index contributed by atoms with van der Waals surface area (Å²) in [7, 11) is 0. The molecule has 7 aromatic rings. The first-order valence-corrected chi connectivity index (χ1v) is 13.4. The minimum Gasteiger partial charge on any atom is -0.313 e. The Bertz CT molecular complexity index is 2100. The molecule has 0 saturated carbocycles. The number of hydrogen-bond donors (Lipinski definition) is 0. The monoisotopic (exact) mass is 514 g/mol. The zero-order valence-electron chi connectivity index (χ0n) is 22.3. The van der Waals surface area contributed by atoms with Gasteiger partial charge in [-0.3, -0.25) is 4.98 Å². The van der Waals surface area contributed by atoms with E-state index in [2.05, 4.69) is 119 Å². The third-order valence-electron chi connectivity index (χ3n) is 7.72. The molecule has 0 saturated heterocycles. The van der Waals surface area contributed by atoms with E-state index in [1.165, 1.54) is 21.7 Å². The molecule has 4 aromatic carbocycles. The fraction of sp³-hybridized carbons (Fsp3) is 0.0556. The zero-order chi connectivity index (χ0) is 27.2. The van der Waals surface area contributed by atoms with Crippen molar-refractivity contribution in [3.63, 3.8) is 0 Å². The lowest BCUT2D eigenvalue weighted by Crippen LogP contribution is -2.04. The van der Waals surface area contributed by atoms with Gasteiger partial charge >= 0.3 is 0 Å². The van der Waals surface area contributed by atoms with Gasteiger partial charge in [-0.15, -0.1) is 0 Å². The van der Waals surface area contributed by atoms with Crippen LogP contribution >= 0.6 is 0 Å². The molecule has 190 valence electrons. The summed E-state index contributed by atoms with van der Waals surface area (Å²) in [5.41, 5.74) is 9.98. The molecule has 0 aliphatic carbocycles. The number of allylic oxidation sites excluding steroid dienone is 1. The molecule has 0 N–H and O–H groups in total. The van der Waals surface area contributed by atoms with E-state index in [9.17, 15) is 5.26 Å². The summed E-state index contributed by atoms with van der Waals surface area (Å²) < 4.78 is 4.59. The molecule has 0 radical (unpaired) electrons. The van der Waals surface area contributed by atoms with Crippen molar-refractivity contribution in [2.45, 2.75) is 13.8 Å². The lowest BCUT2D eigenvalue weighted by atomic mass is 10.0. The van der Waals surface area contributed by atoms with E-state index in [-0.39, 0.29) is 0 Å². The van der Waals surface area contributed by atoms with Crippen molar-refractivity contribution in [3.8, 4) is 28.7 Å². The van der Waals surface area contributed by atoms with Crippen molar-refractivity contribution in [1.82, 2.24) is 14.1 Å². The number of fused-ring (bicyclic) bond motifs is 4. The summed E-state index contributed by atoms with van der Waals surface area (Å²) in [6, 6.07) is 37.8. The summed E-state index contributed by atoms with van der Waals surface area (Å²) in [6.07, 6.45) is 6.08. The summed E-state index contributed by atoms with van der Waals surface area (Å²) in [5, 5.41) is 13.5. The second-order valence-electron chi connectivity index (χ2n) is 9.94. The first kappa shape index (κ1) is 23.7. The maximum Gasteiger partial charge on any atom is 0.0991 e. The second kappa shape index (κ2) is 9.41. The fourth-order valence-electron chi connectivity index (χ4n) is 6.04. The van der Waals surface area contributed by atoms with Crippen LogP contribution in [-0.2, 0) is 0 Å². The van der Waals surface area contributed by atoms with Crippen LogP contribution in [0.25, 0.3) is 61.4 Å². The molecule has 0 atom stereocenters. The Morgan fingerprint density at radius 2 is 1.32 bits per heavy atom. The second-order valence-corrected chi connectivity index (χ2v) is 9.94. The standard InChI is InChI=1S/C36H26N4/c1-3-11-26-24(2)39(31-15-7-4-12-27(26)31)34-20-19-25(23-37)22-30(34)36-35(18-10-21-38-36)40-32-16-8-5-13-28(32)29-14-6-9-17-33(29)40/h3-22H,1-2H3/b11-3-. The highest BCUT2D eigenvalue weighted by Crippen LogP contribution is 2.39. The van der Waals surface area contributed by atoms with Gasteiger partial charge in [-0.1, -0.05) is 66.7 Å². The van der Waals surface area contributed by atoms with Crippen molar-refractivity contribution in [2.75, 3.05) is 0 Å². The molecule has 0 amide bonds. The predicted molar refractivity (Wildman–Crippen MR) is 165 cm³/mol. The molecule has 0 aliphatic heterocycles. The van der Waals surface area contributed by atoms with Crippen LogP contribution < -0.4 is 0 Å². The van der Waals surface area contributed by atoms with Gasteiger partial charge in [0.25, 0.3) is 0 Å². The minimum atomic E-state index is 0.598. The third kappa shape index (κ3) is 3.49. The average Bonchev–Trinajstić information content (AvgIpc) is 3.49. The van der Waals surface area contributed by atoms with Gasteiger partial charge in [-0.05, 0) is 62.4 Å². The zero-order valence-corrected chi connectivity index (χ0v) is 22.3. The Balaban J connectivity index is 1.58. The first-order chi connectivity index (χ1) is 19.7. The van der Waals surface area contributed by atoms with Crippen LogP contribution in [0.15, 0.2) is 115 Å². The average molecular weight is 515 g/mol. The summed E-state index contributed by atoms with van der Waals surface area (Å²) in [4.78, 5) is 4.98. The van der Waals surface area contributed by atoms with Crippen LogP contribution in [0.2, 0.25) is 0 Å². The van der Waals surface area contributed by atoms with Gasteiger partial charge in [0.2, 0.25) is 0 Å². The lowest BCUT2D eigenvalue weighted by Gasteiger charge is -2.18. The number of nitrogens with zero attached hydrogens (tertiary/aromatic N) is 4. The summed E-state index contributed by atoms with van der Waals surface area (Å²) in [5.74, 6) is 0. The van der Waals surface area contributed by atoms with Crippen molar-refractivity contribution >= 4 is 38.8 Å². The number of hydrogen-bond acceptors (Lipinski definition) is 2. The van der Waals surface area contributed by atoms with Crippen molar-refractivity contribution in [2.24, 2.45) is 0 Å². The van der Waals surface area contributed by atoms with E-state index in [0.29, 0.717) is 5.56 Å². The maximum atomic E-state index is 9.92. The Hall–Kier alpha value is -5.40. The molecule has 3 heterocycles. The lowest BCUT2D eigenvalue weighted by molar-refractivity contribution is 1.04. The van der Waals surface area contributed by atoms with Crippen LogP contribution in [0.1, 0.15) is 23.7 Å². The molecule has 4 heteroatoms. The van der Waals surface area contributed by atoms with E-state index in [1.807, 2.05) is 31.3 Å². The molecule has 0 unspecified atom stereocenters. The minimum absolute atomic E-state index is 0.598. The highest BCUT2D eigenvalue weighted by atomic mass is 15.0. The number of para-hydroxylation sites is 3. The number of nitriles is 1. The Morgan fingerprint density at radius 3 is 1.98 bits per heavy atom. The molecular weight excluding hydrogens is 488 g/mol. The van der Waals surface area contributed by atoms with E-state index in [1.54, 1.807) is 0 Å². The Labute approximate surface area is 232 Å². The topological polar surface area (TPSA) is 46.5 Å². The third-order valence-corrected chi connectivity index (χ3v) is 7.72. The van der Waals surface area contributed by atoms with Crippen LogP contribution in [-0.4, -0.2) is 14.1 Å². The quantitative estimate of drug-likeness (QED) is 0.235. The highest BCUT2D eigenvalue weighted by Gasteiger charge is 2.21. The van der Waals surface area contributed by atoms with Gasteiger partial charge in [-0.2, -0.15) is 5.26 Å². The van der Waals surface area contributed by atoms with Crippen LogP contribution in [0, 0.1) is 18.3 Å². The van der Waals surface area contributed by atoms with Gasteiger partial charge in [0.05, 0.1) is 45.3 Å². The number of benzene rings is 4. The Morgan fingerprint density at radius 1 is 0.700 bits per heavy atom. The molecule has 40 heavy (non-hydrogen) atoms. The van der Waals surface area contributed by atoms with Gasteiger partial charge in [0, 0.05) is 39.2 Å². The summed E-state index contributed by atoms with van der Waals surface area (Å²) in [6.45, 7) is 4.20. The molecule has 4 nitrogen and oxygen atoms in total. The maximum absolute atomic E-state index is 9.92. The van der Waals surface area contributed by atoms with E-state index in [0.717, 1.165) is 44.9 Å². The molecule has 0 aliphatic rings. The van der Waals surface area contributed by atoms with Crippen molar-refractivity contribution in [1.29, 1.82) is 5.26 Å². The molecule has 0 fully saturated rings. The highest BCUT2D eigenvalue weighted by molar-refractivity contribution is 6.09.